The fourth-order valence-corrected chi connectivity index (χ4v) is 6.87. The monoisotopic (exact) mass is 485 g/mol. The van der Waals surface area contributed by atoms with Gasteiger partial charge in [-0.2, -0.15) is 0 Å². The van der Waals surface area contributed by atoms with E-state index in [1.807, 2.05) is 0 Å². The Morgan fingerprint density at radius 3 is 1.42 bits per heavy atom. The van der Waals surface area contributed by atoms with Crippen molar-refractivity contribution < 1.29 is 0 Å². The van der Waals surface area contributed by atoms with Crippen LogP contribution in [0.15, 0.2) is 109 Å². The molecule has 0 bridgehead atoms. The molecule has 0 N–H and O–H groups in total. The Morgan fingerprint density at radius 2 is 0.972 bits per heavy atom. The summed E-state index contributed by atoms with van der Waals surface area (Å²) in [6.45, 7) is 6.90. The summed E-state index contributed by atoms with van der Waals surface area (Å²) in [6, 6.07) is 42.0. The van der Waals surface area contributed by atoms with Crippen molar-refractivity contribution in [3.8, 4) is 11.5 Å². The van der Waals surface area contributed by atoms with Crippen LogP contribution in [-0.4, -0.2) is 8.07 Å². The second-order valence-corrected chi connectivity index (χ2v) is 14.1. The van der Waals surface area contributed by atoms with Crippen LogP contribution in [-0.2, 0) is 0 Å². The van der Waals surface area contributed by atoms with Gasteiger partial charge in [0.05, 0.1) is 0 Å². The summed E-state index contributed by atoms with van der Waals surface area (Å²) < 4.78 is 0. The summed E-state index contributed by atoms with van der Waals surface area (Å²) in [5.41, 5.74) is 10.6. The molecule has 4 rings (SSSR count). The van der Waals surface area contributed by atoms with Crippen LogP contribution in [0.2, 0.25) is 18.1 Å². The van der Waals surface area contributed by atoms with E-state index >= 15 is 0 Å². The Labute approximate surface area is 218 Å². The second-order valence-electron chi connectivity index (χ2n) is 9.14. The summed E-state index contributed by atoms with van der Waals surface area (Å²) in [6.07, 6.45) is 4.34. The van der Waals surface area contributed by atoms with Crippen LogP contribution < -0.4 is 4.90 Å². The number of benzene rings is 4. The molecule has 0 amide bonds. The normalized spacial score (nSPS) is 11.2. The summed E-state index contributed by atoms with van der Waals surface area (Å²) in [7, 11) is -1.41. The maximum absolute atomic E-state index is 3.68. The van der Waals surface area contributed by atoms with Gasteiger partial charge >= 0.3 is 0 Å². The van der Waals surface area contributed by atoms with Crippen LogP contribution >= 0.6 is 0 Å². The first-order valence-electron chi connectivity index (χ1n) is 13.0. The van der Waals surface area contributed by atoms with Gasteiger partial charge in [0.15, 0.2) is 0 Å². The molecule has 180 valence electrons. The minimum Gasteiger partial charge on any atom is -0.311 e. The summed E-state index contributed by atoms with van der Waals surface area (Å²) >= 11 is 0. The number of hydrogen-bond donors (Lipinski definition) is 0. The smallest absolute Gasteiger partial charge is 0.138 e. The van der Waals surface area contributed by atoms with Crippen LogP contribution in [0, 0.1) is 11.5 Å². The van der Waals surface area contributed by atoms with Gasteiger partial charge in [0, 0.05) is 22.6 Å². The van der Waals surface area contributed by atoms with Crippen molar-refractivity contribution >= 4 is 37.3 Å². The van der Waals surface area contributed by atoms with Gasteiger partial charge < -0.3 is 4.90 Å². The SMILES string of the molecule is CC[Si](C#Cc1ccc(/C=C/c2ccc(N(c3ccccc3)c3ccccc3)cc2)cc1)(CC)CC. The Balaban J connectivity index is 1.50. The molecule has 0 aromatic heterocycles. The summed E-state index contributed by atoms with van der Waals surface area (Å²) in [5, 5.41) is 0. The Hall–Kier alpha value is -3.80. The average Bonchev–Trinajstić information content (AvgIpc) is 2.96. The molecule has 0 saturated heterocycles. The van der Waals surface area contributed by atoms with Crippen molar-refractivity contribution in [2.75, 3.05) is 4.90 Å². The third-order valence-corrected chi connectivity index (χ3v) is 11.8. The van der Waals surface area contributed by atoms with Gasteiger partial charge in [0.2, 0.25) is 0 Å². The standard InChI is InChI=1S/C34H35NSi/c1-4-36(5-2,6-3)28-27-31-21-19-29(20-22-31)17-18-30-23-25-34(26-24-30)35(32-13-9-7-10-14-32)33-15-11-8-12-16-33/h7-26H,4-6H2,1-3H3/b18-17+. The predicted molar refractivity (Wildman–Crippen MR) is 161 cm³/mol. The van der Waals surface area contributed by atoms with Crippen molar-refractivity contribution in [3.63, 3.8) is 0 Å². The highest BCUT2D eigenvalue weighted by Gasteiger charge is 2.24. The molecule has 0 radical (unpaired) electrons. The molecule has 1 nitrogen and oxygen atoms in total. The molecule has 2 heteroatoms. The molecule has 0 spiro atoms. The van der Waals surface area contributed by atoms with Crippen LogP contribution in [0.4, 0.5) is 17.1 Å². The molecule has 36 heavy (non-hydrogen) atoms. The maximum atomic E-state index is 3.68. The minimum absolute atomic E-state index is 1.12. The lowest BCUT2D eigenvalue weighted by Gasteiger charge is -2.25. The molecule has 0 unspecified atom stereocenters. The van der Waals surface area contributed by atoms with Crippen LogP contribution in [0.25, 0.3) is 12.2 Å². The fraction of sp³-hybridized carbons (Fsp3) is 0.176. The quantitative estimate of drug-likeness (QED) is 0.136. The summed E-state index contributed by atoms with van der Waals surface area (Å²) in [4.78, 5) is 2.28. The molecule has 0 saturated carbocycles. The van der Waals surface area contributed by atoms with Gasteiger partial charge in [-0.05, 0) is 77.8 Å². The van der Waals surface area contributed by atoms with Crippen molar-refractivity contribution in [2.24, 2.45) is 0 Å². The third kappa shape index (κ3) is 6.25. The molecular weight excluding hydrogens is 450 g/mol. The van der Waals surface area contributed by atoms with Gasteiger partial charge in [-0.3, -0.25) is 0 Å². The minimum atomic E-state index is -1.41. The molecule has 4 aromatic carbocycles. The summed E-state index contributed by atoms with van der Waals surface area (Å²) in [5.74, 6) is 3.47. The fourth-order valence-electron chi connectivity index (χ4n) is 4.43. The third-order valence-electron chi connectivity index (χ3n) is 7.06. The first kappa shape index (κ1) is 25.3. The molecule has 0 aliphatic carbocycles. The van der Waals surface area contributed by atoms with E-state index in [4.69, 9.17) is 0 Å². The molecule has 0 aliphatic heterocycles. The van der Waals surface area contributed by atoms with E-state index in [0.29, 0.717) is 0 Å². The van der Waals surface area contributed by atoms with Crippen LogP contribution in [0.3, 0.4) is 0 Å². The van der Waals surface area contributed by atoms with E-state index in [1.54, 1.807) is 0 Å². The maximum Gasteiger partial charge on any atom is 0.138 e. The van der Waals surface area contributed by atoms with Crippen molar-refractivity contribution in [1.29, 1.82) is 0 Å². The molecule has 0 atom stereocenters. The van der Waals surface area contributed by atoms with Crippen molar-refractivity contribution in [3.05, 3.63) is 126 Å². The van der Waals surface area contributed by atoms with Crippen LogP contribution in [0.5, 0.6) is 0 Å². The first-order valence-corrected chi connectivity index (χ1v) is 15.6. The molecular formula is C34H35NSi. The van der Waals surface area contributed by atoms with Gasteiger partial charge in [0.25, 0.3) is 0 Å². The highest BCUT2D eigenvalue weighted by molar-refractivity contribution is 6.87. The first-order chi connectivity index (χ1) is 17.7. The lowest BCUT2D eigenvalue weighted by Crippen LogP contribution is -2.29. The zero-order valence-corrected chi connectivity index (χ0v) is 22.6. The van der Waals surface area contributed by atoms with E-state index in [-0.39, 0.29) is 0 Å². The highest BCUT2D eigenvalue weighted by Crippen LogP contribution is 2.34. The zero-order valence-electron chi connectivity index (χ0n) is 21.6. The average molecular weight is 486 g/mol. The Kier molecular flexibility index (Phi) is 8.60. The van der Waals surface area contributed by atoms with E-state index in [1.165, 1.54) is 29.3 Å². The number of nitrogens with zero attached hydrogens (tertiary/aromatic N) is 1. The molecule has 0 aliphatic rings. The number of para-hydroxylation sites is 2. The van der Waals surface area contributed by atoms with E-state index in [9.17, 15) is 0 Å². The number of rotatable bonds is 8. The van der Waals surface area contributed by atoms with Gasteiger partial charge in [-0.1, -0.05) is 99.5 Å². The lowest BCUT2D eigenvalue weighted by molar-refractivity contribution is 1.20. The Bertz CT molecular complexity index is 1260. The Morgan fingerprint density at radius 1 is 0.556 bits per heavy atom. The topological polar surface area (TPSA) is 3.24 Å². The highest BCUT2D eigenvalue weighted by atomic mass is 28.3. The predicted octanol–water partition coefficient (Wildman–Crippen LogP) is 9.73. The van der Waals surface area contributed by atoms with Crippen LogP contribution in [0.1, 0.15) is 37.5 Å². The van der Waals surface area contributed by atoms with Crippen molar-refractivity contribution in [1.82, 2.24) is 0 Å². The molecule has 0 heterocycles. The van der Waals surface area contributed by atoms with Gasteiger partial charge in [0.1, 0.15) is 8.07 Å². The van der Waals surface area contributed by atoms with Gasteiger partial charge in [-0.15, -0.1) is 5.54 Å². The van der Waals surface area contributed by atoms with E-state index in [2.05, 4.69) is 158 Å². The van der Waals surface area contributed by atoms with Crippen molar-refractivity contribution in [2.45, 2.75) is 38.9 Å². The molecule has 4 aromatic rings. The largest absolute Gasteiger partial charge is 0.311 e. The lowest BCUT2D eigenvalue weighted by atomic mass is 10.1. The van der Waals surface area contributed by atoms with E-state index in [0.717, 1.165) is 22.6 Å². The van der Waals surface area contributed by atoms with E-state index < -0.39 is 8.07 Å². The van der Waals surface area contributed by atoms with Gasteiger partial charge in [-0.25, -0.2) is 0 Å². The number of hydrogen-bond acceptors (Lipinski definition) is 1. The molecule has 0 fully saturated rings. The second kappa shape index (κ2) is 12.2. The number of anilines is 3. The zero-order chi connectivity index (χ0) is 25.2.